The predicted octanol–water partition coefficient (Wildman–Crippen LogP) is 2.78. The van der Waals surface area contributed by atoms with Gasteiger partial charge in [-0.25, -0.2) is 0 Å². The maximum Gasteiger partial charge on any atom is 0.223 e. The van der Waals surface area contributed by atoms with Crippen LogP contribution in [0.1, 0.15) is 20.3 Å². The van der Waals surface area contributed by atoms with Gasteiger partial charge in [-0.2, -0.15) is 4.68 Å². The number of tetrazole rings is 1. The molecule has 0 N–H and O–H groups in total. The lowest BCUT2D eigenvalue weighted by atomic mass is 10.3. The van der Waals surface area contributed by atoms with Crippen molar-refractivity contribution < 1.29 is 4.79 Å². The quantitative estimate of drug-likeness (QED) is 0.687. The zero-order valence-corrected chi connectivity index (χ0v) is 15.0. The molecule has 1 aromatic carbocycles. The van der Waals surface area contributed by atoms with Crippen LogP contribution < -0.4 is 0 Å². The van der Waals surface area contributed by atoms with E-state index < -0.39 is 0 Å². The molecule has 8 heteroatoms. The molecule has 0 bridgehead atoms. The zero-order chi connectivity index (χ0) is 15.9. The van der Waals surface area contributed by atoms with E-state index in [1.807, 2.05) is 43.0 Å². The van der Waals surface area contributed by atoms with E-state index in [0.717, 1.165) is 23.2 Å². The van der Waals surface area contributed by atoms with Crippen LogP contribution in [0.3, 0.4) is 0 Å². The van der Waals surface area contributed by atoms with Gasteiger partial charge in [0.2, 0.25) is 11.1 Å². The van der Waals surface area contributed by atoms with E-state index in [0.29, 0.717) is 17.3 Å². The lowest BCUT2D eigenvalue weighted by Crippen LogP contribution is -2.30. The van der Waals surface area contributed by atoms with Crippen molar-refractivity contribution >= 4 is 33.6 Å². The summed E-state index contributed by atoms with van der Waals surface area (Å²) in [5.41, 5.74) is 0.894. The fourth-order valence-electron chi connectivity index (χ4n) is 1.98. The molecular formula is C14H18BrN5OS. The first-order valence-electron chi connectivity index (χ1n) is 7.10. The minimum Gasteiger partial charge on any atom is -0.343 e. The zero-order valence-electron chi connectivity index (χ0n) is 12.6. The molecule has 0 unspecified atom stereocenters. The van der Waals surface area contributed by atoms with Crippen molar-refractivity contribution in [3.63, 3.8) is 0 Å². The molecule has 0 saturated carbocycles. The first kappa shape index (κ1) is 17.0. The summed E-state index contributed by atoms with van der Waals surface area (Å²) < 4.78 is 2.68. The Balaban J connectivity index is 1.96. The van der Waals surface area contributed by atoms with Gasteiger partial charge in [0.1, 0.15) is 0 Å². The molecule has 6 nitrogen and oxygen atoms in total. The lowest BCUT2D eigenvalue weighted by Gasteiger charge is -2.18. The highest BCUT2D eigenvalue weighted by atomic mass is 79.9. The highest BCUT2D eigenvalue weighted by Gasteiger charge is 2.12. The molecule has 1 aromatic heterocycles. The van der Waals surface area contributed by atoms with Crippen LogP contribution in [0.15, 0.2) is 33.9 Å². The van der Waals surface area contributed by atoms with Crippen LogP contribution in [0, 0.1) is 0 Å². The molecule has 0 spiro atoms. The third kappa shape index (κ3) is 4.30. The van der Waals surface area contributed by atoms with Crippen LogP contribution in [-0.4, -0.2) is 49.9 Å². The molecule has 2 aromatic rings. The number of rotatable bonds is 7. The van der Waals surface area contributed by atoms with E-state index in [2.05, 4.69) is 31.5 Å². The smallest absolute Gasteiger partial charge is 0.223 e. The number of nitrogens with zero attached hydrogens (tertiary/aromatic N) is 5. The van der Waals surface area contributed by atoms with Gasteiger partial charge in [0, 0.05) is 29.7 Å². The summed E-state index contributed by atoms with van der Waals surface area (Å²) >= 11 is 4.89. The molecule has 0 atom stereocenters. The number of hydrogen-bond donors (Lipinski definition) is 0. The Bertz CT molecular complexity index is 612. The fourth-order valence-corrected chi connectivity index (χ4v) is 3.06. The number of amides is 1. The van der Waals surface area contributed by atoms with E-state index in [-0.39, 0.29) is 5.91 Å². The normalized spacial score (nSPS) is 10.7. The van der Waals surface area contributed by atoms with Crippen molar-refractivity contribution in [1.82, 2.24) is 25.1 Å². The summed E-state index contributed by atoms with van der Waals surface area (Å²) in [5, 5.41) is 12.4. The molecule has 22 heavy (non-hydrogen) atoms. The first-order valence-corrected chi connectivity index (χ1v) is 8.88. The molecular weight excluding hydrogens is 366 g/mol. The molecule has 0 aliphatic carbocycles. The van der Waals surface area contributed by atoms with E-state index in [4.69, 9.17) is 0 Å². The summed E-state index contributed by atoms with van der Waals surface area (Å²) in [6, 6.07) is 7.75. The second kappa shape index (κ2) is 8.28. The summed E-state index contributed by atoms with van der Waals surface area (Å²) in [4.78, 5) is 13.8. The van der Waals surface area contributed by atoms with Crippen molar-refractivity contribution in [1.29, 1.82) is 0 Å². The average Bonchev–Trinajstić information content (AvgIpc) is 2.98. The van der Waals surface area contributed by atoms with Gasteiger partial charge in [-0.15, -0.1) is 5.10 Å². The van der Waals surface area contributed by atoms with Crippen LogP contribution >= 0.6 is 27.7 Å². The topological polar surface area (TPSA) is 63.9 Å². The Morgan fingerprint density at radius 1 is 1.27 bits per heavy atom. The van der Waals surface area contributed by atoms with E-state index in [1.165, 1.54) is 11.8 Å². The van der Waals surface area contributed by atoms with Crippen molar-refractivity contribution in [2.75, 3.05) is 18.8 Å². The summed E-state index contributed by atoms with van der Waals surface area (Å²) in [6.07, 6.45) is 0.486. The van der Waals surface area contributed by atoms with Crippen molar-refractivity contribution in [2.24, 2.45) is 0 Å². The van der Waals surface area contributed by atoms with E-state index in [9.17, 15) is 4.79 Å². The molecule has 0 fully saturated rings. The summed E-state index contributed by atoms with van der Waals surface area (Å²) in [7, 11) is 0. The maximum atomic E-state index is 12.0. The molecule has 1 heterocycles. The summed E-state index contributed by atoms with van der Waals surface area (Å²) in [6.45, 7) is 5.47. The maximum absolute atomic E-state index is 12.0. The van der Waals surface area contributed by atoms with Crippen molar-refractivity contribution in [3.8, 4) is 5.69 Å². The molecule has 0 aliphatic rings. The van der Waals surface area contributed by atoms with Gasteiger partial charge in [0.05, 0.1) is 5.69 Å². The third-order valence-electron chi connectivity index (χ3n) is 3.18. The Kier molecular flexibility index (Phi) is 6.38. The predicted molar refractivity (Wildman–Crippen MR) is 90.1 cm³/mol. The second-order valence-corrected chi connectivity index (χ2v) is 6.49. The Morgan fingerprint density at radius 2 is 1.95 bits per heavy atom. The number of carbonyl (C=O) groups excluding carboxylic acids is 1. The Morgan fingerprint density at radius 3 is 2.59 bits per heavy atom. The monoisotopic (exact) mass is 383 g/mol. The van der Waals surface area contributed by atoms with E-state index in [1.54, 1.807) is 4.68 Å². The van der Waals surface area contributed by atoms with Crippen LogP contribution in [0.4, 0.5) is 0 Å². The standard InChI is InChI=1S/C14H18BrN5OS/c1-3-19(4-2)13(21)9-10-22-14-16-17-18-20(14)12-7-5-11(15)6-8-12/h5-8H,3-4,9-10H2,1-2H3. The first-order chi connectivity index (χ1) is 10.7. The molecule has 118 valence electrons. The van der Waals surface area contributed by atoms with Gasteiger partial charge in [-0.3, -0.25) is 4.79 Å². The van der Waals surface area contributed by atoms with Gasteiger partial charge in [-0.05, 0) is 48.5 Å². The van der Waals surface area contributed by atoms with Crippen molar-refractivity contribution in [3.05, 3.63) is 28.7 Å². The lowest BCUT2D eigenvalue weighted by molar-refractivity contribution is -0.130. The summed E-state index contributed by atoms with van der Waals surface area (Å²) in [5.74, 6) is 0.826. The number of aromatic nitrogens is 4. The number of hydrogen-bond acceptors (Lipinski definition) is 5. The van der Waals surface area contributed by atoms with Crippen molar-refractivity contribution in [2.45, 2.75) is 25.4 Å². The number of halogens is 1. The number of carbonyl (C=O) groups is 1. The second-order valence-electron chi connectivity index (χ2n) is 4.51. The van der Waals surface area contributed by atoms with Crippen LogP contribution in [0.5, 0.6) is 0 Å². The molecule has 2 rings (SSSR count). The Labute approximate surface area is 142 Å². The molecule has 0 radical (unpaired) electrons. The van der Waals surface area contributed by atoms with Crippen LogP contribution in [-0.2, 0) is 4.79 Å². The van der Waals surface area contributed by atoms with Crippen LogP contribution in [0.2, 0.25) is 0 Å². The highest BCUT2D eigenvalue weighted by molar-refractivity contribution is 9.10. The molecule has 0 aliphatic heterocycles. The van der Waals surface area contributed by atoms with Gasteiger partial charge in [-0.1, -0.05) is 27.7 Å². The minimum absolute atomic E-state index is 0.167. The van der Waals surface area contributed by atoms with Gasteiger partial charge < -0.3 is 4.90 Å². The SMILES string of the molecule is CCN(CC)C(=O)CCSc1nnnn1-c1ccc(Br)cc1. The minimum atomic E-state index is 0.167. The molecule has 1 amide bonds. The van der Waals surface area contributed by atoms with Gasteiger partial charge in [0.15, 0.2) is 0 Å². The third-order valence-corrected chi connectivity index (χ3v) is 4.63. The fraction of sp³-hybridized carbons (Fsp3) is 0.429. The Hall–Kier alpha value is -1.41. The average molecular weight is 384 g/mol. The molecule has 0 saturated heterocycles. The number of benzene rings is 1. The highest BCUT2D eigenvalue weighted by Crippen LogP contribution is 2.20. The number of thioether (sulfide) groups is 1. The van der Waals surface area contributed by atoms with Gasteiger partial charge >= 0.3 is 0 Å². The van der Waals surface area contributed by atoms with E-state index >= 15 is 0 Å². The van der Waals surface area contributed by atoms with Crippen LogP contribution in [0.25, 0.3) is 5.69 Å². The van der Waals surface area contributed by atoms with Gasteiger partial charge in [0.25, 0.3) is 0 Å². The largest absolute Gasteiger partial charge is 0.343 e.